The van der Waals surface area contributed by atoms with E-state index in [0.29, 0.717) is 13.1 Å². The van der Waals surface area contributed by atoms with Gasteiger partial charge in [-0.15, -0.1) is 0 Å². The van der Waals surface area contributed by atoms with Crippen LogP contribution in [0.5, 0.6) is 0 Å². The smallest absolute Gasteiger partial charge is 0.236 e. The molecule has 0 spiro atoms. The standard InChI is InChI=1S/C16H22N2O2/c1-17(11-14-7-3-2-4-8-14)16(20)12-18-10-6-5-9-15(18)13-19/h2-4,7-8,13,15H,5-6,9-12H2,1H3. The maximum atomic E-state index is 12.2. The van der Waals surface area contributed by atoms with E-state index < -0.39 is 0 Å². The Kier molecular flexibility index (Phi) is 5.30. The van der Waals surface area contributed by atoms with Gasteiger partial charge >= 0.3 is 0 Å². The Bertz CT molecular complexity index is 447. The minimum Gasteiger partial charge on any atom is -0.340 e. The Labute approximate surface area is 120 Å². The fourth-order valence-electron chi connectivity index (χ4n) is 2.61. The summed E-state index contributed by atoms with van der Waals surface area (Å²) in [5.74, 6) is 0.0719. The van der Waals surface area contributed by atoms with E-state index in [1.54, 1.807) is 4.90 Å². The summed E-state index contributed by atoms with van der Waals surface area (Å²) in [4.78, 5) is 27.0. The zero-order chi connectivity index (χ0) is 14.4. The highest BCUT2D eigenvalue weighted by molar-refractivity contribution is 5.78. The van der Waals surface area contributed by atoms with Gasteiger partial charge in [-0.3, -0.25) is 9.69 Å². The summed E-state index contributed by atoms with van der Waals surface area (Å²) < 4.78 is 0. The van der Waals surface area contributed by atoms with E-state index in [0.717, 1.165) is 37.7 Å². The second-order valence-electron chi connectivity index (χ2n) is 5.41. The first-order valence-electron chi connectivity index (χ1n) is 7.18. The third-order valence-electron chi connectivity index (χ3n) is 3.85. The number of hydrogen-bond donors (Lipinski definition) is 0. The van der Waals surface area contributed by atoms with Crippen LogP contribution in [0.15, 0.2) is 30.3 Å². The molecular weight excluding hydrogens is 252 g/mol. The number of piperidine rings is 1. The second kappa shape index (κ2) is 7.20. The fraction of sp³-hybridized carbons (Fsp3) is 0.500. The van der Waals surface area contributed by atoms with Crippen molar-refractivity contribution in [1.82, 2.24) is 9.80 Å². The van der Waals surface area contributed by atoms with Gasteiger partial charge in [0.25, 0.3) is 0 Å². The lowest BCUT2D eigenvalue weighted by atomic mass is 10.0. The van der Waals surface area contributed by atoms with Crippen molar-refractivity contribution in [3.63, 3.8) is 0 Å². The van der Waals surface area contributed by atoms with Crippen molar-refractivity contribution in [2.75, 3.05) is 20.1 Å². The molecule has 1 aromatic rings. The van der Waals surface area contributed by atoms with Crippen molar-refractivity contribution in [2.45, 2.75) is 31.8 Å². The van der Waals surface area contributed by atoms with Gasteiger partial charge < -0.3 is 9.69 Å². The van der Waals surface area contributed by atoms with Crippen molar-refractivity contribution in [1.29, 1.82) is 0 Å². The minimum absolute atomic E-state index is 0.0719. The number of nitrogens with zero attached hydrogens (tertiary/aromatic N) is 2. The maximum absolute atomic E-state index is 12.2. The first kappa shape index (κ1) is 14.7. The molecule has 4 heteroatoms. The van der Waals surface area contributed by atoms with Crippen LogP contribution in [0.3, 0.4) is 0 Å². The van der Waals surface area contributed by atoms with Gasteiger partial charge in [-0.25, -0.2) is 0 Å². The van der Waals surface area contributed by atoms with Gasteiger partial charge in [0.1, 0.15) is 6.29 Å². The molecule has 4 nitrogen and oxygen atoms in total. The zero-order valence-electron chi connectivity index (χ0n) is 12.0. The Balaban J connectivity index is 1.88. The Hall–Kier alpha value is -1.68. The first-order chi connectivity index (χ1) is 9.70. The summed E-state index contributed by atoms with van der Waals surface area (Å²) in [5, 5.41) is 0. The van der Waals surface area contributed by atoms with Crippen molar-refractivity contribution < 1.29 is 9.59 Å². The van der Waals surface area contributed by atoms with E-state index in [4.69, 9.17) is 0 Å². The van der Waals surface area contributed by atoms with Crippen LogP contribution in [0.1, 0.15) is 24.8 Å². The van der Waals surface area contributed by atoms with Crippen molar-refractivity contribution in [2.24, 2.45) is 0 Å². The van der Waals surface area contributed by atoms with Crippen LogP contribution in [0.2, 0.25) is 0 Å². The number of amides is 1. The van der Waals surface area contributed by atoms with Crippen LogP contribution >= 0.6 is 0 Å². The topological polar surface area (TPSA) is 40.6 Å². The molecule has 1 unspecified atom stereocenters. The molecule has 1 amide bonds. The quantitative estimate of drug-likeness (QED) is 0.767. The number of likely N-dealkylation sites (N-methyl/N-ethyl adjacent to an activating group) is 1. The van der Waals surface area contributed by atoms with Crippen LogP contribution in [0, 0.1) is 0 Å². The number of rotatable bonds is 5. The summed E-state index contributed by atoms with van der Waals surface area (Å²) in [7, 11) is 1.81. The van der Waals surface area contributed by atoms with Gasteiger partial charge in [0, 0.05) is 13.6 Å². The molecule has 0 N–H and O–H groups in total. The number of aldehydes is 1. The number of likely N-dealkylation sites (tertiary alicyclic amines) is 1. The molecule has 0 radical (unpaired) electrons. The van der Waals surface area contributed by atoms with E-state index in [1.807, 2.05) is 42.3 Å². The molecule has 2 rings (SSSR count). The predicted octanol–water partition coefficient (Wildman–Crippen LogP) is 1.70. The highest BCUT2D eigenvalue weighted by Gasteiger charge is 2.24. The minimum atomic E-state index is -0.0853. The van der Waals surface area contributed by atoms with E-state index in [2.05, 4.69) is 0 Å². The normalized spacial score (nSPS) is 19.6. The highest BCUT2D eigenvalue weighted by atomic mass is 16.2. The Morgan fingerprint density at radius 3 is 2.80 bits per heavy atom. The van der Waals surface area contributed by atoms with E-state index in [1.165, 1.54) is 0 Å². The van der Waals surface area contributed by atoms with Gasteiger partial charge in [-0.2, -0.15) is 0 Å². The highest BCUT2D eigenvalue weighted by Crippen LogP contribution is 2.15. The Morgan fingerprint density at radius 2 is 2.10 bits per heavy atom. The van der Waals surface area contributed by atoms with Gasteiger partial charge in [0.2, 0.25) is 5.91 Å². The molecule has 1 aromatic carbocycles. The third-order valence-corrected chi connectivity index (χ3v) is 3.85. The summed E-state index contributed by atoms with van der Waals surface area (Å²) in [6.45, 7) is 1.79. The van der Waals surface area contributed by atoms with Crippen LogP contribution in [0.4, 0.5) is 0 Å². The largest absolute Gasteiger partial charge is 0.340 e. The molecule has 1 atom stereocenters. The summed E-state index contributed by atoms with van der Waals surface area (Å²) in [6, 6.07) is 9.85. The number of benzene rings is 1. The third kappa shape index (κ3) is 3.90. The van der Waals surface area contributed by atoms with E-state index in [9.17, 15) is 9.59 Å². The van der Waals surface area contributed by atoms with Crippen molar-refractivity contribution >= 4 is 12.2 Å². The molecular formula is C16H22N2O2. The van der Waals surface area contributed by atoms with E-state index in [-0.39, 0.29) is 11.9 Å². The van der Waals surface area contributed by atoms with Gasteiger partial charge in [-0.05, 0) is 24.9 Å². The van der Waals surface area contributed by atoms with Gasteiger partial charge in [0.05, 0.1) is 12.6 Å². The predicted molar refractivity (Wildman–Crippen MR) is 78.2 cm³/mol. The molecule has 1 fully saturated rings. The molecule has 0 saturated carbocycles. The van der Waals surface area contributed by atoms with Crippen LogP contribution in [-0.4, -0.2) is 48.2 Å². The molecule has 1 saturated heterocycles. The number of carbonyl (C=O) groups is 2. The molecule has 1 aliphatic heterocycles. The monoisotopic (exact) mass is 274 g/mol. The van der Waals surface area contributed by atoms with Crippen LogP contribution in [-0.2, 0) is 16.1 Å². The molecule has 108 valence electrons. The van der Waals surface area contributed by atoms with Crippen LogP contribution in [0.25, 0.3) is 0 Å². The zero-order valence-corrected chi connectivity index (χ0v) is 12.0. The first-order valence-corrected chi connectivity index (χ1v) is 7.18. The lowest BCUT2D eigenvalue weighted by Gasteiger charge is -2.32. The summed E-state index contributed by atoms with van der Waals surface area (Å²) >= 11 is 0. The maximum Gasteiger partial charge on any atom is 0.236 e. The average Bonchev–Trinajstić information content (AvgIpc) is 2.48. The molecule has 0 bridgehead atoms. The van der Waals surface area contributed by atoms with E-state index >= 15 is 0 Å². The fourth-order valence-corrected chi connectivity index (χ4v) is 2.61. The number of hydrogen-bond acceptors (Lipinski definition) is 3. The lowest BCUT2D eigenvalue weighted by Crippen LogP contribution is -2.46. The molecule has 1 heterocycles. The molecule has 1 aliphatic rings. The second-order valence-corrected chi connectivity index (χ2v) is 5.41. The Morgan fingerprint density at radius 1 is 1.35 bits per heavy atom. The van der Waals surface area contributed by atoms with Crippen molar-refractivity contribution in [3.8, 4) is 0 Å². The van der Waals surface area contributed by atoms with Gasteiger partial charge in [0.15, 0.2) is 0 Å². The molecule has 0 aromatic heterocycles. The SMILES string of the molecule is CN(Cc1ccccc1)C(=O)CN1CCCCC1C=O. The van der Waals surface area contributed by atoms with Crippen molar-refractivity contribution in [3.05, 3.63) is 35.9 Å². The summed E-state index contributed by atoms with van der Waals surface area (Å²) in [5.41, 5.74) is 1.12. The lowest BCUT2D eigenvalue weighted by molar-refractivity contribution is -0.133. The number of carbonyl (C=O) groups excluding carboxylic acids is 2. The molecule has 20 heavy (non-hydrogen) atoms. The molecule has 0 aliphatic carbocycles. The van der Waals surface area contributed by atoms with Crippen LogP contribution < -0.4 is 0 Å². The van der Waals surface area contributed by atoms with Gasteiger partial charge in [-0.1, -0.05) is 36.8 Å². The summed E-state index contributed by atoms with van der Waals surface area (Å²) in [6.07, 6.45) is 4.00. The average molecular weight is 274 g/mol.